The highest BCUT2D eigenvalue weighted by Crippen LogP contribution is 2.33. The van der Waals surface area contributed by atoms with E-state index in [2.05, 4.69) is 16.2 Å². The second kappa shape index (κ2) is 11.2. The summed E-state index contributed by atoms with van der Waals surface area (Å²) in [6.07, 6.45) is -0.883. The Kier molecular flexibility index (Phi) is 7.95. The quantitative estimate of drug-likeness (QED) is 0.245. The van der Waals surface area contributed by atoms with E-state index < -0.39 is 29.5 Å². The third kappa shape index (κ3) is 6.14. The highest BCUT2D eigenvalue weighted by molar-refractivity contribution is 6.00. The van der Waals surface area contributed by atoms with Crippen LogP contribution < -0.4 is 21.6 Å². The number of ether oxygens (including phenoxy) is 1. The lowest BCUT2D eigenvalue weighted by molar-refractivity contribution is 0.0483. The van der Waals surface area contributed by atoms with Crippen molar-refractivity contribution >= 4 is 28.7 Å². The molecule has 2 amide bonds. The molecule has 0 saturated heterocycles. The van der Waals surface area contributed by atoms with Gasteiger partial charge in [0.1, 0.15) is 22.8 Å². The average Bonchev–Trinajstić information content (AvgIpc) is 2.89. The number of hydrazine groups is 1. The first-order valence-electron chi connectivity index (χ1n) is 12.8. The summed E-state index contributed by atoms with van der Waals surface area (Å²) >= 11 is 0. The number of amides is 2. The third-order valence-corrected chi connectivity index (χ3v) is 6.18. The van der Waals surface area contributed by atoms with Gasteiger partial charge in [-0.1, -0.05) is 42.5 Å². The average molecular weight is 546 g/mol. The van der Waals surface area contributed by atoms with Gasteiger partial charge in [0.25, 0.3) is 5.91 Å². The summed E-state index contributed by atoms with van der Waals surface area (Å²) in [5.74, 6) is -1.20. The fourth-order valence-electron chi connectivity index (χ4n) is 4.41. The van der Waals surface area contributed by atoms with Crippen molar-refractivity contribution in [2.24, 2.45) is 0 Å². The van der Waals surface area contributed by atoms with Crippen molar-refractivity contribution in [2.45, 2.75) is 53.2 Å². The molecule has 4 rings (SSSR count). The van der Waals surface area contributed by atoms with Gasteiger partial charge >= 0.3 is 6.09 Å². The number of anilines is 1. The van der Waals surface area contributed by atoms with E-state index in [-0.39, 0.29) is 16.7 Å². The second-order valence-corrected chi connectivity index (χ2v) is 10.6. The molecular weight excluding hydrogens is 513 g/mol. The van der Waals surface area contributed by atoms with Crippen molar-refractivity contribution in [3.05, 3.63) is 99.0 Å². The zero-order valence-corrected chi connectivity index (χ0v) is 23.3. The fraction of sp³-hybridized carbons (Fsp3) is 0.258. The van der Waals surface area contributed by atoms with Gasteiger partial charge in [0, 0.05) is 16.7 Å². The van der Waals surface area contributed by atoms with Gasteiger partial charge < -0.3 is 14.5 Å². The third-order valence-electron chi connectivity index (χ3n) is 6.18. The van der Waals surface area contributed by atoms with E-state index in [0.29, 0.717) is 27.9 Å². The molecule has 4 aromatic rings. The molecule has 0 spiro atoms. The molecule has 0 unspecified atom stereocenters. The SMILES string of the molecule is Cc1cc([C@@H](C)Nc2cccc(F)c2C(=O)NNC(=O)OC(C)(C)C)c2oc(-c3ccccc3)c(C)c(=O)c2c1. The highest BCUT2D eigenvalue weighted by Gasteiger charge is 2.23. The van der Waals surface area contributed by atoms with E-state index in [9.17, 15) is 18.8 Å². The molecule has 1 heterocycles. The lowest BCUT2D eigenvalue weighted by Gasteiger charge is -2.21. The van der Waals surface area contributed by atoms with Crippen LogP contribution in [0, 0.1) is 19.7 Å². The molecule has 208 valence electrons. The van der Waals surface area contributed by atoms with Crippen LogP contribution in [0.25, 0.3) is 22.3 Å². The smallest absolute Gasteiger partial charge is 0.426 e. The molecule has 1 aromatic heterocycles. The zero-order chi connectivity index (χ0) is 29.2. The van der Waals surface area contributed by atoms with Gasteiger partial charge in [-0.3, -0.25) is 15.0 Å². The Morgan fingerprint density at radius 3 is 2.35 bits per heavy atom. The monoisotopic (exact) mass is 545 g/mol. The van der Waals surface area contributed by atoms with E-state index in [1.165, 1.54) is 6.07 Å². The standard InChI is InChI=1S/C31H32FN3O5/c1-17-15-21(28-22(16-17)26(36)18(2)27(39-28)20-11-8-7-9-12-20)19(3)33-24-14-10-13-23(32)25(24)29(37)34-35-30(38)40-31(4,5)6/h7-16,19,33H,1-6H3,(H,34,37)(H,35,38)/t19-/m1/s1. The molecule has 40 heavy (non-hydrogen) atoms. The minimum atomic E-state index is -0.883. The number of aryl methyl sites for hydroxylation is 1. The Morgan fingerprint density at radius 1 is 0.975 bits per heavy atom. The van der Waals surface area contributed by atoms with Gasteiger partial charge in [-0.2, -0.15) is 0 Å². The van der Waals surface area contributed by atoms with E-state index in [1.807, 2.05) is 50.2 Å². The van der Waals surface area contributed by atoms with Crippen LogP contribution in [0.3, 0.4) is 0 Å². The van der Waals surface area contributed by atoms with Crippen molar-refractivity contribution in [1.82, 2.24) is 10.9 Å². The van der Waals surface area contributed by atoms with Crippen LogP contribution in [0.1, 0.15) is 60.8 Å². The molecule has 3 N–H and O–H groups in total. The zero-order valence-electron chi connectivity index (χ0n) is 23.3. The molecule has 1 atom stereocenters. The Hall–Kier alpha value is -4.66. The van der Waals surface area contributed by atoms with Gasteiger partial charge in [0.2, 0.25) is 0 Å². The number of carbonyl (C=O) groups excluding carboxylic acids is 2. The summed E-state index contributed by atoms with van der Waals surface area (Å²) in [6, 6.07) is 16.7. The number of hydrogen-bond acceptors (Lipinski definition) is 6. The summed E-state index contributed by atoms with van der Waals surface area (Å²) in [5.41, 5.74) is 6.46. The fourth-order valence-corrected chi connectivity index (χ4v) is 4.41. The minimum Gasteiger partial charge on any atom is -0.455 e. The summed E-state index contributed by atoms with van der Waals surface area (Å²) in [4.78, 5) is 38.3. The number of hydrogen-bond donors (Lipinski definition) is 3. The van der Waals surface area contributed by atoms with Crippen molar-refractivity contribution in [3.63, 3.8) is 0 Å². The predicted molar refractivity (Wildman–Crippen MR) is 153 cm³/mol. The van der Waals surface area contributed by atoms with E-state index >= 15 is 0 Å². The van der Waals surface area contributed by atoms with E-state index in [0.717, 1.165) is 17.2 Å². The van der Waals surface area contributed by atoms with Crippen molar-refractivity contribution in [1.29, 1.82) is 0 Å². The number of benzene rings is 3. The van der Waals surface area contributed by atoms with Crippen LogP contribution in [-0.4, -0.2) is 17.6 Å². The Balaban J connectivity index is 1.70. The molecule has 0 aliphatic rings. The Labute approximate surface area is 231 Å². The maximum Gasteiger partial charge on any atom is 0.426 e. The maximum atomic E-state index is 14.9. The van der Waals surface area contributed by atoms with Crippen LogP contribution in [0.4, 0.5) is 14.9 Å². The van der Waals surface area contributed by atoms with Gasteiger partial charge in [-0.25, -0.2) is 14.6 Å². The molecule has 9 heteroatoms. The number of fused-ring (bicyclic) bond motifs is 1. The van der Waals surface area contributed by atoms with Gasteiger partial charge in [0.05, 0.1) is 22.7 Å². The van der Waals surface area contributed by atoms with Crippen LogP contribution in [-0.2, 0) is 4.74 Å². The molecule has 8 nitrogen and oxygen atoms in total. The van der Waals surface area contributed by atoms with E-state index in [1.54, 1.807) is 39.8 Å². The normalized spacial score (nSPS) is 12.1. The first-order chi connectivity index (χ1) is 18.9. The molecule has 0 aliphatic carbocycles. The molecule has 0 saturated carbocycles. The van der Waals surface area contributed by atoms with Crippen molar-refractivity contribution in [3.8, 4) is 11.3 Å². The maximum absolute atomic E-state index is 14.9. The number of rotatable bonds is 5. The largest absolute Gasteiger partial charge is 0.455 e. The molecule has 0 bridgehead atoms. The molecule has 0 radical (unpaired) electrons. The summed E-state index contributed by atoms with van der Waals surface area (Å²) in [7, 11) is 0. The minimum absolute atomic E-state index is 0.142. The summed E-state index contributed by atoms with van der Waals surface area (Å²) < 4.78 is 26.4. The number of halogens is 1. The van der Waals surface area contributed by atoms with Crippen LogP contribution in [0.15, 0.2) is 69.9 Å². The Bertz CT molecular complexity index is 1640. The highest BCUT2D eigenvalue weighted by atomic mass is 19.1. The molecular formula is C31H32FN3O5. The number of carbonyl (C=O) groups is 2. The second-order valence-electron chi connectivity index (χ2n) is 10.6. The van der Waals surface area contributed by atoms with E-state index in [4.69, 9.17) is 9.15 Å². The lowest BCUT2D eigenvalue weighted by atomic mass is 9.98. The van der Waals surface area contributed by atoms with Crippen LogP contribution in [0.5, 0.6) is 0 Å². The van der Waals surface area contributed by atoms with Gasteiger partial charge in [-0.05, 0) is 65.3 Å². The summed E-state index contributed by atoms with van der Waals surface area (Å²) in [5, 5.41) is 3.61. The first kappa shape index (κ1) is 28.4. The number of nitrogens with one attached hydrogen (secondary N) is 3. The first-order valence-corrected chi connectivity index (χ1v) is 12.8. The van der Waals surface area contributed by atoms with Gasteiger partial charge in [0.15, 0.2) is 5.43 Å². The van der Waals surface area contributed by atoms with Crippen LogP contribution in [0.2, 0.25) is 0 Å². The van der Waals surface area contributed by atoms with Gasteiger partial charge in [-0.15, -0.1) is 0 Å². The Morgan fingerprint density at radius 2 is 1.68 bits per heavy atom. The molecule has 3 aromatic carbocycles. The molecule has 0 aliphatic heterocycles. The predicted octanol–water partition coefficient (Wildman–Crippen LogP) is 6.56. The molecule has 0 fully saturated rings. The van der Waals surface area contributed by atoms with Crippen molar-refractivity contribution < 1.29 is 23.1 Å². The summed E-state index contributed by atoms with van der Waals surface area (Å²) in [6.45, 7) is 10.5. The lowest BCUT2D eigenvalue weighted by Crippen LogP contribution is -2.44. The van der Waals surface area contributed by atoms with Crippen molar-refractivity contribution in [2.75, 3.05) is 5.32 Å². The topological polar surface area (TPSA) is 110 Å². The van der Waals surface area contributed by atoms with Crippen LogP contribution >= 0.6 is 0 Å².